The van der Waals surface area contributed by atoms with Gasteiger partial charge in [-0.05, 0) is 35.7 Å². The Kier molecular flexibility index (Phi) is 7.98. The minimum absolute atomic E-state index is 0.0843. The molecule has 3 N–H and O–H groups in total. The number of amides is 2. The van der Waals surface area contributed by atoms with Crippen LogP contribution in [0.3, 0.4) is 0 Å². The van der Waals surface area contributed by atoms with Crippen LogP contribution in [0.2, 0.25) is 10.0 Å². The van der Waals surface area contributed by atoms with Gasteiger partial charge in [0.15, 0.2) is 0 Å². The van der Waals surface area contributed by atoms with E-state index in [9.17, 15) is 9.59 Å². The average Bonchev–Trinajstić information content (AvgIpc) is 2.77. The summed E-state index contributed by atoms with van der Waals surface area (Å²) in [4.78, 5) is 23.0. The molecule has 2 amide bonds. The van der Waals surface area contributed by atoms with Crippen molar-refractivity contribution in [3.63, 3.8) is 0 Å². The maximum atomic E-state index is 12.3. The fourth-order valence-electron chi connectivity index (χ4n) is 3.19. The van der Waals surface area contributed by atoms with E-state index < -0.39 is 12.0 Å². The minimum Gasteiger partial charge on any atom is -0.496 e. The van der Waals surface area contributed by atoms with Crippen LogP contribution in [-0.2, 0) is 17.8 Å². The van der Waals surface area contributed by atoms with E-state index in [0.29, 0.717) is 40.0 Å². The van der Waals surface area contributed by atoms with Gasteiger partial charge in [0.1, 0.15) is 5.75 Å². The number of aryl methyl sites for hydroxylation is 1. The van der Waals surface area contributed by atoms with Crippen molar-refractivity contribution in [1.29, 1.82) is 0 Å². The van der Waals surface area contributed by atoms with Gasteiger partial charge in [-0.3, -0.25) is 4.79 Å². The normalized spacial score (nSPS) is 10.5. The maximum Gasteiger partial charge on any atom is 0.319 e. The van der Waals surface area contributed by atoms with Gasteiger partial charge in [-0.1, -0.05) is 65.7 Å². The van der Waals surface area contributed by atoms with Gasteiger partial charge in [-0.25, -0.2) is 4.79 Å². The van der Waals surface area contributed by atoms with Crippen molar-refractivity contribution >= 4 is 40.9 Å². The lowest BCUT2D eigenvalue weighted by Crippen LogP contribution is -2.28. The SMILES string of the molecule is COc1ccccc1-c1c(Cl)cc(NC(=O)NCc2ccc(CCC(=O)O)cc2)cc1Cl. The second-order valence-corrected chi connectivity index (χ2v) is 7.85. The highest BCUT2D eigenvalue weighted by Crippen LogP contribution is 2.41. The van der Waals surface area contributed by atoms with Crippen molar-refractivity contribution in [2.45, 2.75) is 19.4 Å². The number of aliphatic carboxylic acids is 1. The van der Waals surface area contributed by atoms with Crippen molar-refractivity contribution in [3.8, 4) is 16.9 Å². The van der Waals surface area contributed by atoms with Gasteiger partial charge in [-0.15, -0.1) is 0 Å². The van der Waals surface area contributed by atoms with Crippen molar-refractivity contribution < 1.29 is 19.4 Å². The summed E-state index contributed by atoms with van der Waals surface area (Å²) in [5.41, 5.74) is 3.66. The van der Waals surface area contributed by atoms with Crippen LogP contribution in [0.4, 0.5) is 10.5 Å². The van der Waals surface area contributed by atoms with E-state index >= 15 is 0 Å². The number of carboxylic acids is 1. The number of anilines is 1. The lowest BCUT2D eigenvalue weighted by Gasteiger charge is -2.14. The smallest absolute Gasteiger partial charge is 0.319 e. The Labute approximate surface area is 196 Å². The molecule has 6 nitrogen and oxygen atoms in total. The molecule has 0 aliphatic carbocycles. The third kappa shape index (κ3) is 6.15. The summed E-state index contributed by atoms with van der Waals surface area (Å²) < 4.78 is 5.39. The Balaban J connectivity index is 1.62. The molecule has 3 aromatic rings. The molecule has 8 heteroatoms. The van der Waals surface area contributed by atoms with Crippen molar-refractivity contribution in [2.24, 2.45) is 0 Å². The first kappa shape index (κ1) is 23.4. The standard InChI is InChI=1S/C24H22Cl2N2O4/c1-32-21-5-3-2-4-18(21)23-19(25)12-17(13-20(23)26)28-24(31)27-14-16-8-6-15(7-9-16)10-11-22(29)30/h2-9,12-13H,10-11,14H2,1H3,(H,29,30)(H2,27,28,31). The number of methoxy groups -OCH3 is 1. The summed E-state index contributed by atoms with van der Waals surface area (Å²) in [6.45, 7) is 0.311. The van der Waals surface area contributed by atoms with Crippen molar-refractivity contribution in [3.05, 3.63) is 81.8 Å². The summed E-state index contributed by atoms with van der Waals surface area (Å²) in [5.74, 6) is -0.188. The lowest BCUT2D eigenvalue weighted by molar-refractivity contribution is -0.136. The molecule has 0 aliphatic rings. The molecule has 0 saturated heterocycles. The minimum atomic E-state index is -0.830. The van der Waals surface area contributed by atoms with Crippen LogP contribution >= 0.6 is 23.2 Å². The summed E-state index contributed by atoms with van der Waals surface area (Å²) in [7, 11) is 1.57. The third-order valence-corrected chi connectivity index (χ3v) is 5.38. The van der Waals surface area contributed by atoms with E-state index in [1.165, 1.54) is 0 Å². The van der Waals surface area contributed by atoms with Gasteiger partial charge in [0, 0.05) is 29.8 Å². The zero-order chi connectivity index (χ0) is 23.1. The highest BCUT2D eigenvalue weighted by molar-refractivity contribution is 6.40. The van der Waals surface area contributed by atoms with Gasteiger partial charge in [-0.2, -0.15) is 0 Å². The van der Waals surface area contributed by atoms with E-state index in [1.807, 2.05) is 48.5 Å². The van der Waals surface area contributed by atoms with E-state index in [1.54, 1.807) is 19.2 Å². The molecule has 0 bridgehead atoms. The number of rotatable bonds is 8. The predicted molar refractivity (Wildman–Crippen MR) is 127 cm³/mol. The van der Waals surface area contributed by atoms with E-state index in [0.717, 1.165) is 16.7 Å². The first-order valence-corrected chi connectivity index (χ1v) is 10.6. The van der Waals surface area contributed by atoms with E-state index in [-0.39, 0.29) is 6.42 Å². The van der Waals surface area contributed by atoms with Gasteiger partial charge < -0.3 is 20.5 Å². The highest BCUT2D eigenvalue weighted by atomic mass is 35.5. The average molecular weight is 473 g/mol. The number of carbonyl (C=O) groups excluding carboxylic acids is 1. The first-order valence-electron chi connectivity index (χ1n) is 9.84. The molecule has 32 heavy (non-hydrogen) atoms. The number of nitrogens with one attached hydrogen (secondary N) is 2. The zero-order valence-electron chi connectivity index (χ0n) is 17.3. The molecule has 0 heterocycles. The van der Waals surface area contributed by atoms with Crippen LogP contribution in [0.15, 0.2) is 60.7 Å². The Morgan fingerprint density at radius 1 is 0.969 bits per heavy atom. The number of carboxylic acid groups (broad SMARTS) is 1. The molecule has 0 fully saturated rings. The van der Waals surface area contributed by atoms with Crippen LogP contribution in [0, 0.1) is 0 Å². The lowest BCUT2D eigenvalue weighted by atomic mass is 10.0. The molecule has 0 aliphatic heterocycles. The maximum absolute atomic E-state index is 12.3. The van der Waals surface area contributed by atoms with Crippen LogP contribution in [-0.4, -0.2) is 24.2 Å². The van der Waals surface area contributed by atoms with Gasteiger partial charge >= 0.3 is 12.0 Å². The molecule has 0 radical (unpaired) electrons. The van der Waals surface area contributed by atoms with Crippen LogP contribution in [0.1, 0.15) is 17.5 Å². The van der Waals surface area contributed by atoms with Crippen LogP contribution < -0.4 is 15.4 Å². The van der Waals surface area contributed by atoms with Crippen LogP contribution in [0.25, 0.3) is 11.1 Å². The Morgan fingerprint density at radius 3 is 2.22 bits per heavy atom. The molecule has 3 rings (SSSR count). The number of urea groups is 1. The molecule has 166 valence electrons. The molecule has 0 spiro atoms. The van der Waals surface area contributed by atoms with Crippen LogP contribution in [0.5, 0.6) is 5.75 Å². The fourth-order valence-corrected chi connectivity index (χ4v) is 3.88. The number of para-hydroxylation sites is 1. The molecular formula is C24H22Cl2N2O4. The summed E-state index contributed by atoms with van der Waals surface area (Å²) in [6, 6.07) is 17.7. The van der Waals surface area contributed by atoms with E-state index in [2.05, 4.69) is 10.6 Å². The largest absolute Gasteiger partial charge is 0.496 e. The molecule has 0 saturated carbocycles. The highest BCUT2D eigenvalue weighted by Gasteiger charge is 2.15. The van der Waals surface area contributed by atoms with Gasteiger partial charge in [0.25, 0.3) is 0 Å². The van der Waals surface area contributed by atoms with Crippen molar-refractivity contribution in [2.75, 3.05) is 12.4 Å². The second-order valence-electron chi connectivity index (χ2n) is 7.03. The number of carbonyl (C=O) groups is 2. The Morgan fingerprint density at radius 2 is 1.59 bits per heavy atom. The molecule has 3 aromatic carbocycles. The molecule has 0 aromatic heterocycles. The van der Waals surface area contributed by atoms with Gasteiger partial charge in [0.2, 0.25) is 0 Å². The summed E-state index contributed by atoms with van der Waals surface area (Å²) >= 11 is 12.9. The number of halogens is 2. The summed E-state index contributed by atoms with van der Waals surface area (Å²) in [5, 5.41) is 15.0. The van der Waals surface area contributed by atoms with Gasteiger partial charge in [0.05, 0.1) is 17.2 Å². The fraction of sp³-hybridized carbons (Fsp3) is 0.167. The number of ether oxygens (including phenoxy) is 1. The predicted octanol–water partition coefficient (Wildman–Crippen LogP) is 6.01. The quantitative estimate of drug-likeness (QED) is 0.374. The third-order valence-electron chi connectivity index (χ3n) is 4.78. The topological polar surface area (TPSA) is 87.7 Å². The number of hydrogen-bond acceptors (Lipinski definition) is 3. The molecule has 0 atom stereocenters. The summed E-state index contributed by atoms with van der Waals surface area (Å²) in [6.07, 6.45) is 0.552. The Hall–Kier alpha value is -3.22. The Bertz CT molecular complexity index is 1090. The number of benzene rings is 3. The van der Waals surface area contributed by atoms with E-state index in [4.69, 9.17) is 33.0 Å². The second kappa shape index (κ2) is 10.9. The van der Waals surface area contributed by atoms with Crippen molar-refractivity contribution in [1.82, 2.24) is 5.32 Å². The molecule has 0 unspecified atom stereocenters. The monoisotopic (exact) mass is 472 g/mol. The first-order chi connectivity index (χ1) is 15.4. The number of hydrogen-bond donors (Lipinski definition) is 3. The molecular weight excluding hydrogens is 451 g/mol. The zero-order valence-corrected chi connectivity index (χ0v) is 18.8.